The zero-order chi connectivity index (χ0) is 19.1. The Morgan fingerprint density at radius 1 is 1.08 bits per heavy atom. The third-order valence-electron chi connectivity index (χ3n) is 3.95. The van der Waals surface area contributed by atoms with Crippen molar-refractivity contribution in [1.82, 2.24) is 10.6 Å². The molecule has 5 nitrogen and oxygen atoms in total. The fourth-order valence-electron chi connectivity index (χ4n) is 2.66. The predicted octanol–water partition coefficient (Wildman–Crippen LogP) is 4.35. The van der Waals surface area contributed by atoms with Crippen LogP contribution in [0.4, 0.5) is 4.79 Å². The van der Waals surface area contributed by atoms with Gasteiger partial charge in [0.15, 0.2) is 0 Å². The minimum atomic E-state index is -0.219. The highest BCUT2D eigenvalue weighted by atomic mass is 16.5. The number of rotatable bonds is 7. The molecule has 26 heavy (non-hydrogen) atoms. The first-order valence-electron chi connectivity index (χ1n) is 8.83. The van der Waals surface area contributed by atoms with E-state index in [4.69, 9.17) is 9.47 Å². The maximum Gasteiger partial charge on any atom is 0.315 e. The van der Waals surface area contributed by atoms with Gasteiger partial charge in [-0.3, -0.25) is 0 Å². The SMILES string of the molecule is COc1ccc(C)cc1C(C)NC(=O)NCc1ccc(OC(C)C)cc1. The van der Waals surface area contributed by atoms with Gasteiger partial charge in [0.1, 0.15) is 11.5 Å². The number of carbonyl (C=O) groups excluding carboxylic acids is 1. The smallest absolute Gasteiger partial charge is 0.315 e. The molecule has 0 heterocycles. The number of methoxy groups -OCH3 is 1. The van der Waals surface area contributed by atoms with Gasteiger partial charge in [-0.25, -0.2) is 4.79 Å². The molecule has 0 spiro atoms. The Balaban J connectivity index is 1.89. The first-order chi connectivity index (χ1) is 12.4. The molecule has 0 bridgehead atoms. The topological polar surface area (TPSA) is 59.6 Å². The molecule has 2 rings (SSSR count). The lowest BCUT2D eigenvalue weighted by Gasteiger charge is -2.18. The third kappa shape index (κ3) is 5.69. The van der Waals surface area contributed by atoms with Crippen molar-refractivity contribution < 1.29 is 14.3 Å². The number of hydrogen-bond acceptors (Lipinski definition) is 3. The summed E-state index contributed by atoms with van der Waals surface area (Å²) in [5.41, 5.74) is 3.09. The molecule has 0 aliphatic carbocycles. The van der Waals surface area contributed by atoms with Gasteiger partial charge in [0, 0.05) is 12.1 Å². The van der Waals surface area contributed by atoms with E-state index in [-0.39, 0.29) is 18.2 Å². The average molecular weight is 356 g/mol. The van der Waals surface area contributed by atoms with Crippen molar-refractivity contribution in [3.8, 4) is 11.5 Å². The van der Waals surface area contributed by atoms with Crippen LogP contribution < -0.4 is 20.1 Å². The van der Waals surface area contributed by atoms with Crippen LogP contribution in [0.15, 0.2) is 42.5 Å². The van der Waals surface area contributed by atoms with Crippen molar-refractivity contribution in [1.29, 1.82) is 0 Å². The van der Waals surface area contributed by atoms with Crippen LogP contribution in [-0.4, -0.2) is 19.2 Å². The van der Waals surface area contributed by atoms with Gasteiger partial charge in [0.25, 0.3) is 0 Å². The average Bonchev–Trinajstić information content (AvgIpc) is 2.60. The summed E-state index contributed by atoms with van der Waals surface area (Å²) in [7, 11) is 1.63. The van der Waals surface area contributed by atoms with Gasteiger partial charge in [-0.1, -0.05) is 29.8 Å². The Morgan fingerprint density at radius 2 is 1.77 bits per heavy atom. The lowest BCUT2D eigenvalue weighted by atomic mass is 10.0. The summed E-state index contributed by atoms with van der Waals surface area (Å²) in [5, 5.41) is 5.83. The van der Waals surface area contributed by atoms with Crippen LogP contribution in [0.25, 0.3) is 0 Å². The fourth-order valence-corrected chi connectivity index (χ4v) is 2.66. The van der Waals surface area contributed by atoms with Crippen LogP contribution in [0, 0.1) is 6.92 Å². The van der Waals surface area contributed by atoms with Crippen LogP contribution in [0.1, 0.15) is 43.5 Å². The van der Waals surface area contributed by atoms with E-state index >= 15 is 0 Å². The van der Waals surface area contributed by atoms with Gasteiger partial charge in [0.2, 0.25) is 0 Å². The number of amides is 2. The molecule has 2 N–H and O–H groups in total. The van der Waals surface area contributed by atoms with E-state index in [0.717, 1.165) is 28.2 Å². The van der Waals surface area contributed by atoms with Crippen LogP contribution >= 0.6 is 0 Å². The van der Waals surface area contributed by atoms with Gasteiger partial charge in [-0.2, -0.15) is 0 Å². The highest BCUT2D eigenvalue weighted by Gasteiger charge is 2.14. The molecule has 0 saturated heterocycles. The van der Waals surface area contributed by atoms with Crippen molar-refractivity contribution in [2.75, 3.05) is 7.11 Å². The molecule has 0 saturated carbocycles. The second kappa shape index (κ2) is 9.13. The Hall–Kier alpha value is -2.69. The van der Waals surface area contributed by atoms with Crippen molar-refractivity contribution in [2.24, 2.45) is 0 Å². The number of hydrogen-bond donors (Lipinski definition) is 2. The summed E-state index contributed by atoms with van der Waals surface area (Å²) in [6, 6.07) is 13.3. The molecule has 2 aromatic carbocycles. The largest absolute Gasteiger partial charge is 0.496 e. The van der Waals surface area contributed by atoms with Crippen molar-refractivity contribution >= 4 is 6.03 Å². The Kier molecular flexibility index (Phi) is 6.89. The maximum absolute atomic E-state index is 12.2. The summed E-state index contributed by atoms with van der Waals surface area (Å²) in [6.07, 6.45) is 0.143. The molecule has 140 valence electrons. The number of benzene rings is 2. The molecule has 0 aliphatic heterocycles. The Labute approximate surface area is 155 Å². The summed E-state index contributed by atoms with van der Waals surface area (Å²) >= 11 is 0. The molecular weight excluding hydrogens is 328 g/mol. The quantitative estimate of drug-likeness (QED) is 0.775. The second-order valence-electron chi connectivity index (χ2n) is 6.60. The van der Waals surface area contributed by atoms with Gasteiger partial charge in [-0.05, 0) is 51.5 Å². The molecule has 0 radical (unpaired) electrons. The van der Waals surface area contributed by atoms with Crippen LogP contribution in [0.5, 0.6) is 11.5 Å². The van der Waals surface area contributed by atoms with Crippen LogP contribution in [-0.2, 0) is 6.54 Å². The number of carbonyl (C=O) groups is 1. The highest BCUT2D eigenvalue weighted by Crippen LogP contribution is 2.25. The van der Waals surface area contributed by atoms with Gasteiger partial charge < -0.3 is 20.1 Å². The van der Waals surface area contributed by atoms with Gasteiger partial charge in [-0.15, -0.1) is 0 Å². The summed E-state index contributed by atoms with van der Waals surface area (Å²) in [6.45, 7) is 8.39. The number of aryl methyl sites for hydroxylation is 1. The Morgan fingerprint density at radius 3 is 2.38 bits per heavy atom. The number of urea groups is 1. The maximum atomic E-state index is 12.2. The van der Waals surface area contributed by atoms with E-state index in [9.17, 15) is 4.79 Å². The molecule has 0 fully saturated rings. The molecule has 5 heteroatoms. The highest BCUT2D eigenvalue weighted by molar-refractivity contribution is 5.74. The summed E-state index contributed by atoms with van der Waals surface area (Å²) in [5.74, 6) is 1.59. The zero-order valence-electron chi connectivity index (χ0n) is 16.1. The number of nitrogens with one attached hydrogen (secondary N) is 2. The van der Waals surface area contributed by atoms with Gasteiger partial charge >= 0.3 is 6.03 Å². The molecule has 0 aromatic heterocycles. The van der Waals surface area contributed by atoms with E-state index in [1.165, 1.54) is 0 Å². The van der Waals surface area contributed by atoms with E-state index in [1.54, 1.807) is 7.11 Å². The normalized spacial score (nSPS) is 11.8. The van der Waals surface area contributed by atoms with Crippen molar-refractivity contribution in [3.05, 3.63) is 59.2 Å². The van der Waals surface area contributed by atoms with Gasteiger partial charge in [0.05, 0.1) is 19.3 Å². The lowest BCUT2D eigenvalue weighted by Crippen LogP contribution is -2.36. The van der Waals surface area contributed by atoms with Crippen LogP contribution in [0.3, 0.4) is 0 Å². The minimum absolute atomic E-state index is 0.143. The molecular formula is C21H28N2O3. The standard InChI is InChI=1S/C21H28N2O3/c1-14(2)26-18-9-7-17(8-10-18)13-22-21(24)23-16(4)19-12-15(3)6-11-20(19)25-5/h6-12,14,16H,13H2,1-5H3,(H2,22,23,24). The Bertz CT molecular complexity index is 727. The lowest BCUT2D eigenvalue weighted by molar-refractivity contribution is 0.237. The first kappa shape index (κ1) is 19.6. The molecule has 0 aliphatic rings. The summed E-state index contributed by atoms with van der Waals surface area (Å²) in [4.78, 5) is 12.2. The molecule has 1 atom stereocenters. The zero-order valence-corrected chi connectivity index (χ0v) is 16.1. The van der Waals surface area contributed by atoms with Crippen molar-refractivity contribution in [3.63, 3.8) is 0 Å². The van der Waals surface area contributed by atoms with E-state index in [2.05, 4.69) is 10.6 Å². The monoisotopic (exact) mass is 356 g/mol. The van der Waals surface area contributed by atoms with E-state index in [1.807, 2.05) is 70.2 Å². The molecule has 2 aromatic rings. The fraction of sp³-hybridized carbons (Fsp3) is 0.381. The second-order valence-corrected chi connectivity index (χ2v) is 6.60. The van der Waals surface area contributed by atoms with E-state index in [0.29, 0.717) is 6.54 Å². The predicted molar refractivity (Wildman–Crippen MR) is 104 cm³/mol. The van der Waals surface area contributed by atoms with Crippen LogP contribution in [0.2, 0.25) is 0 Å². The molecule has 2 amide bonds. The summed E-state index contributed by atoms with van der Waals surface area (Å²) < 4.78 is 11.0. The molecule has 1 unspecified atom stereocenters. The first-order valence-corrected chi connectivity index (χ1v) is 8.83. The third-order valence-corrected chi connectivity index (χ3v) is 3.95. The minimum Gasteiger partial charge on any atom is -0.496 e. The van der Waals surface area contributed by atoms with E-state index < -0.39 is 0 Å². The number of ether oxygens (including phenoxy) is 2. The van der Waals surface area contributed by atoms with Crippen molar-refractivity contribution in [2.45, 2.75) is 46.4 Å².